The Morgan fingerprint density at radius 2 is 1.77 bits per heavy atom. The lowest BCUT2D eigenvalue weighted by molar-refractivity contribution is 0.487. The van der Waals surface area contributed by atoms with Gasteiger partial charge >= 0.3 is 0 Å². The van der Waals surface area contributed by atoms with Gasteiger partial charge in [0.2, 0.25) is 0 Å². The predicted octanol–water partition coefficient (Wildman–Crippen LogP) is 4.24. The fraction of sp³-hybridized carbons (Fsp3) is 0.714. The van der Waals surface area contributed by atoms with Crippen molar-refractivity contribution in [3.05, 3.63) is 24.6 Å². The first kappa shape index (κ1) is 24.2. The monoisotopic (exact) mass is 363 g/mol. The van der Waals surface area contributed by atoms with Crippen LogP contribution in [0, 0.1) is 11.3 Å². The molecule has 4 N–H and O–H groups in total. The number of aliphatic imine (C=N–C) groups is 1. The molecule has 0 bridgehead atoms. The lowest BCUT2D eigenvalue weighted by Gasteiger charge is -2.25. The molecule has 0 heterocycles. The number of hydrogen-bond acceptors (Lipinski definition) is 4. The van der Waals surface area contributed by atoms with Gasteiger partial charge in [-0.3, -0.25) is 10.4 Å². The zero-order chi connectivity index (χ0) is 19.9. The van der Waals surface area contributed by atoms with Crippen LogP contribution in [0.1, 0.15) is 66.2 Å². The Kier molecular flexibility index (Phi) is 13.4. The molecule has 0 spiro atoms. The first-order chi connectivity index (χ1) is 12.3. The molecule has 0 aromatic carbocycles. The van der Waals surface area contributed by atoms with Gasteiger partial charge in [0.1, 0.15) is 0 Å². The molecule has 0 saturated heterocycles. The van der Waals surface area contributed by atoms with Crippen LogP contribution in [0.4, 0.5) is 0 Å². The van der Waals surface area contributed by atoms with Crippen molar-refractivity contribution in [1.29, 1.82) is 5.41 Å². The second kappa shape index (κ2) is 14.4. The number of hydrogen-bond donors (Lipinski definition) is 4. The zero-order valence-electron chi connectivity index (χ0n) is 17.7. The molecular weight excluding hydrogens is 322 g/mol. The van der Waals surface area contributed by atoms with Crippen LogP contribution in [0.15, 0.2) is 29.5 Å². The molecule has 26 heavy (non-hydrogen) atoms. The number of nitrogens with one attached hydrogen (secondary N) is 4. The number of nitrogens with zero attached hydrogens (tertiary/aromatic N) is 1. The first-order valence-corrected chi connectivity index (χ1v) is 10.0. The average Bonchev–Trinajstić information content (AvgIpc) is 2.59. The second-order valence-corrected chi connectivity index (χ2v) is 7.22. The molecular formula is C21H41N5. The molecule has 0 unspecified atom stereocenters. The van der Waals surface area contributed by atoms with Gasteiger partial charge in [-0.15, -0.1) is 0 Å². The summed E-state index contributed by atoms with van der Waals surface area (Å²) in [5, 5.41) is 18.2. The summed E-state index contributed by atoms with van der Waals surface area (Å²) in [6.45, 7) is 18.4. The molecule has 1 atom stereocenters. The summed E-state index contributed by atoms with van der Waals surface area (Å²) in [6, 6.07) is 0.0547. The van der Waals surface area contributed by atoms with E-state index in [1.165, 1.54) is 12.8 Å². The largest absolute Gasteiger partial charge is 0.384 e. The molecule has 0 fully saturated rings. The maximum Gasteiger partial charge on any atom is 0.0936 e. The van der Waals surface area contributed by atoms with Gasteiger partial charge in [-0.1, -0.05) is 53.7 Å². The SMILES string of the molecule is C=C(NCCC)/C(CNC(=C)[C@H](CC(C)C)NC(=N)CCCCC)=N/C. The summed E-state index contributed by atoms with van der Waals surface area (Å²) in [5.74, 6) is 1.13. The van der Waals surface area contributed by atoms with Gasteiger partial charge in [-0.05, 0) is 25.2 Å². The maximum absolute atomic E-state index is 8.20. The van der Waals surface area contributed by atoms with Crippen LogP contribution in [0.25, 0.3) is 0 Å². The van der Waals surface area contributed by atoms with Crippen molar-refractivity contribution in [1.82, 2.24) is 16.0 Å². The van der Waals surface area contributed by atoms with Gasteiger partial charge in [0, 0.05) is 31.4 Å². The van der Waals surface area contributed by atoms with Crippen LogP contribution >= 0.6 is 0 Å². The molecule has 0 amide bonds. The number of rotatable bonds is 15. The summed E-state index contributed by atoms with van der Waals surface area (Å²) in [6.07, 6.45) is 6.20. The molecule has 0 aromatic rings. The summed E-state index contributed by atoms with van der Waals surface area (Å²) in [4.78, 5) is 4.33. The molecule has 0 saturated carbocycles. The van der Waals surface area contributed by atoms with Gasteiger partial charge in [-0.2, -0.15) is 0 Å². The standard InChI is InChI=1S/C21H41N5/c1-8-10-11-12-21(22)26-19(14-16(3)4)17(5)25-15-20(23-7)18(6)24-13-9-2/h16,19,24-25H,5-6,8-15H2,1-4,7H3,(H2,22,26)/b23-20+/t19-/m0/s1. The van der Waals surface area contributed by atoms with Crippen LogP contribution in [-0.2, 0) is 0 Å². The van der Waals surface area contributed by atoms with E-state index in [0.717, 1.165) is 49.3 Å². The van der Waals surface area contributed by atoms with Crippen molar-refractivity contribution in [3.63, 3.8) is 0 Å². The van der Waals surface area contributed by atoms with Gasteiger partial charge in [-0.25, -0.2) is 0 Å². The topological polar surface area (TPSA) is 72.3 Å². The maximum atomic E-state index is 8.20. The summed E-state index contributed by atoms with van der Waals surface area (Å²) in [5.41, 5.74) is 2.67. The fourth-order valence-corrected chi connectivity index (χ4v) is 2.61. The summed E-state index contributed by atoms with van der Waals surface area (Å²) >= 11 is 0. The van der Waals surface area contributed by atoms with E-state index >= 15 is 0 Å². The zero-order valence-corrected chi connectivity index (χ0v) is 17.7. The smallest absolute Gasteiger partial charge is 0.0936 e. The molecule has 0 aliphatic carbocycles. The van der Waals surface area contributed by atoms with E-state index in [1.54, 1.807) is 7.05 Å². The van der Waals surface area contributed by atoms with Crippen molar-refractivity contribution in [2.45, 2.75) is 72.3 Å². The minimum Gasteiger partial charge on any atom is -0.384 e. The Hall–Kier alpha value is -1.78. The third-order valence-corrected chi connectivity index (χ3v) is 4.20. The Morgan fingerprint density at radius 3 is 2.31 bits per heavy atom. The predicted molar refractivity (Wildman–Crippen MR) is 116 cm³/mol. The van der Waals surface area contributed by atoms with Crippen LogP contribution in [0.5, 0.6) is 0 Å². The van der Waals surface area contributed by atoms with Crippen molar-refractivity contribution in [3.8, 4) is 0 Å². The molecule has 150 valence electrons. The number of amidine groups is 1. The van der Waals surface area contributed by atoms with E-state index < -0.39 is 0 Å². The van der Waals surface area contributed by atoms with Crippen LogP contribution in [0.3, 0.4) is 0 Å². The Labute approximate surface area is 161 Å². The van der Waals surface area contributed by atoms with Crippen LogP contribution in [-0.4, -0.2) is 37.7 Å². The Morgan fingerprint density at radius 1 is 1.08 bits per heavy atom. The minimum atomic E-state index is 0.0547. The van der Waals surface area contributed by atoms with Crippen molar-refractivity contribution in [2.24, 2.45) is 10.9 Å². The van der Waals surface area contributed by atoms with E-state index in [2.05, 4.69) is 61.8 Å². The van der Waals surface area contributed by atoms with Crippen molar-refractivity contribution >= 4 is 11.5 Å². The van der Waals surface area contributed by atoms with Gasteiger partial charge in [0.15, 0.2) is 0 Å². The third-order valence-electron chi connectivity index (χ3n) is 4.20. The second-order valence-electron chi connectivity index (χ2n) is 7.22. The minimum absolute atomic E-state index is 0.0547. The highest BCUT2D eigenvalue weighted by atomic mass is 15.0. The lowest BCUT2D eigenvalue weighted by atomic mass is 10.0. The summed E-state index contributed by atoms with van der Waals surface area (Å²) < 4.78 is 0. The normalized spacial score (nSPS) is 12.6. The van der Waals surface area contributed by atoms with E-state index in [0.29, 0.717) is 18.3 Å². The number of unbranched alkanes of at least 4 members (excludes halogenated alkanes) is 2. The van der Waals surface area contributed by atoms with Crippen LogP contribution < -0.4 is 16.0 Å². The molecule has 0 aliphatic heterocycles. The van der Waals surface area contributed by atoms with Crippen molar-refractivity contribution in [2.75, 3.05) is 20.1 Å². The molecule has 5 heteroatoms. The molecule has 5 nitrogen and oxygen atoms in total. The van der Waals surface area contributed by atoms with E-state index in [1.807, 2.05) is 0 Å². The average molecular weight is 364 g/mol. The van der Waals surface area contributed by atoms with E-state index in [4.69, 9.17) is 5.41 Å². The van der Waals surface area contributed by atoms with Crippen LogP contribution in [0.2, 0.25) is 0 Å². The van der Waals surface area contributed by atoms with Gasteiger partial charge < -0.3 is 16.0 Å². The highest BCUT2D eigenvalue weighted by molar-refractivity contribution is 6.00. The third kappa shape index (κ3) is 11.0. The highest BCUT2D eigenvalue weighted by Gasteiger charge is 2.16. The first-order valence-electron chi connectivity index (χ1n) is 10.0. The molecule has 0 rings (SSSR count). The quantitative estimate of drug-likeness (QED) is 0.200. The Balaban J connectivity index is 4.66. The fourth-order valence-electron chi connectivity index (χ4n) is 2.61. The van der Waals surface area contributed by atoms with E-state index in [-0.39, 0.29) is 6.04 Å². The lowest BCUT2D eigenvalue weighted by Crippen LogP contribution is -2.42. The van der Waals surface area contributed by atoms with Crippen molar-refractivity contribution < 1.29 is 0 Å². The van der Waals surface area contributed by atoms with Gasteiger partial charge in [0.05, 0.1) is 24.1 Å². The molecule has 0 radical (unpaired) electrons. The Bertz CT molecular complexity index is 465. The highest BCUT2D eigenvalue weighted by Crippen LogP contribution is 2.11. The van der Waals surface area contributed by atoms with E-state index in [9.17, 15) is 0 Å². The summed E-state index contributed by atoms with van der Waals surface area (Å²) in [7, 11) is 1.78. The van der Waals surface area contributed by atoms with Gasteiger partial charge in [0.25, 0.3) is 0 Å². The molecule has 0 aromatic heterocycles. The molecule has 0 aliphatic rings.